The maximum Gasteiger partial charge on any atom is 0.332 e. The lowest BCUT2D eigenvalue weighted by Gasteiger charge is -2.59. The number of hydrogen-bond donors (Lipinski definition) is 1. The molecule has 8 saturated carbocycles. The molecule has 8 fully saturated rings. The molecule has 8 bridgehead atoms. The average molecular weight is 374 g/mol. The van der Waals surface area contributed by atoms with Crippen LogP contribution < -0.4 is 0 Å². The van der Waals surface area contributed by atoms with Crippen molar-refractivity contribution in [3.63, 3.8) is 0 Å². The van der Waals surface area contributed by atoms with Gasteiger partial charge in [-0.1, -0.05) is 0 Å². The number of ketones is 1. The van der Waals surface area contributed by atoms with Gasteiger partial charge in [-0.2, -0.15) is 0 Å². The molecule has 5 heteroatoms. The second kappa shape index (κ2) is 5.35. The van der Waals surface area contributed by atoms with Crippen LogP contribution in [0, 0.1) is 29.6 Å². The van der Waals surface area contributed by atoms with Crippen molar-refractivity contribution in [1.29, 1.82) is 0 Å². The van der Waals surface area contributed by atoms with E-state index < -0.39 is 11.2 Å². The molecule has 0 aromatic rings. The minimum Gasteiger partial charge on any atom is -0.457 e. The minimum atomic E-state index is -0.575. The summed E-state index contributed by atoms with van der Waals surface area (Å²) in [4.78, 5) is 25.0. The number of rotatable bonds is 4. The summed E-state index contributed by atoms with van der Waals surface area (Å²) in [5, 5.41) is 10.8. The number of ether oxygens (including phenoxy) is 2. The molecule has 0 radical (unpaired) electrons. The lowest BCUT2D eigenvalue weighted by Crippen LogP contribution is -2.60. The summed E-state index contributed by atoms with van der Waals surface area (Å²) in [5.41, 5.74) is -1.31. The highest BCUT2D eigenvalue weighted by Gasteiger charge is 2.59. The molecule has 0 amide bonds. The molecule has 0 aromatic heterocycles. The molecular weight excluding hydrogens is 344 g/mol. The van der Waals surface area contributed by atoms with E-state index in [0.29, 0.717) is 30.0 Å². The zero-order chi connectivity index (χ0) is 18.4. The van der Waals surface area contributed by atoms with Crippen LogP contribution in [0.5, 0.6) is 0 Å². The van der Waals surface area contributed by atoms with Gasteiger partial charge in [0.1, 0.15) is 18.0 Å². The number of hydrogen-bond acceptors (Lipinski definition) is 5. The predicted molar refractivity (Wildman–Crippen MR) is 95.7 cm³/mol. The molecule has 0 aliphatic heterocycles. The van der Waals surface area contributed by atoms with Crippen LogP contribution in [-0.2, 0) is 19.1 Å². The van der Waals surface area contributed by atoms with Crippen LogP contribution in [-0.4, -0.2) is 40.3 Å². The van der Waals surface area contributed by atoms with Gasteiger partial charge in [0.25, 0.3) is 0 Å². The summed E-state index contributed by atoms with van der Waals surface area (Å²) < 4.78 is 12.2. The second-order valence-corrected chi connectivity index (χ2v) is 11.1. The van der Waals surface area contributed by atoms with Gasteiger partial charge in [0.05, 0.1) is 11.2 Å². The van der Waals surface area contributed by atoms with Gasteiger partial charge < -0.3 is 14.6 Å². The molecule has 8 aliphatic rings. The van der Waals surface area contributed by atoms with Gasteiger partial charge in [0.2, 0.25) is 0 Å². The molecule has 4 unspecified atom stereocenters. The Balaban J connectivity index is 1.12. The molecule has 0 saturated heterocycles. The number of esters is 1. The second-order valence-electron chi connectivity index (χ2n) is 11.1. The molecule has 0 spiro atoms. The zero-order valence-corrected chi connectivity index (χ0v) is 16.0. The smallest absolute Gasteiger partial charge is 0.332 e. The molecule has 27 heavy (non-hydrogen) atoms. The van der Waals surface area contributed by atoms with Gasteiger partial charge in [-0.15, -0.1) is 0 Å². The van der Waals surface area contributed by atoms with Crippen LogP contribution in [0.25, 0.3) is 0 Å². The van der Waals surface area contributed by atoms with Gasteiger partial charge in [-0.05, 0) is 82.0 Å². The van der Waals surface area contributed by atoms with Crippen molar-refractivity contribution in [2.45, 2.75) is 87.4 Å². The number of carbonyl (C=O) groups is 2. The van der Waals surface area contributed by atoms with Crippen molar-refractivity contribution >= 4 is 11.8 Å². The Morgan fingerprint density at radius 2 is 1.52 bits per heavy atom. The summed E-state index contributed by atoms with van der Waals surface area (Å²) in [6.45, 7) is -0.00871. The largest absolute Gasteiger partial charge is 0.457 e. The maximum atomic E-state index is 12.7. The van der Waals surface area contributed by atoms with Crippen molar-refractivity contribution in [3.8, 4) is 0 Å². The molecule has 148 valence electrons. The zero-order valence-electron chi connectivity index (χ0n) is 16.0. The van der Waals surface area contributed by atoms with E-state index in [1.54, 1.807) is 0 Å². The standard InChI is InChI=1S/C22H30O5/c23-18(27-21-6-13-2-16(9-21)19(24)17(3-13)10-21)11-26-22-7-14-1-15(8-22)5-20(25,4-14)12-22/h13-17,25H,1-12H2. The van der Waals surface area contributed by atoms with Gasteiger partial charge in [0, 0.05) is 18.3 Å². The first-order valence-electron chi connectivity index (χ1n) is 11.0. The van der Waals surface area contributed by atoms with Crippen molar-refractivity contribution in [2.24, 2.45) is 29.6 Å². The lowest BCUT2D eigenvalue weighted by atomic mass is 9.52. The summed E-state index contributed by atoms with van der Waals surface area (Å²) in [7, 11) is 0. The fraction of sp³-hybridized carbons (Fsp3) is 0.909. The Bertz CT molecular complexity index is 667. The quantitative estimate of drug-likeness (QED) is 0.766. The van der Waals surface area contributed by atoms with Crippen LogP contribution in [0.3, 0.4) is 0 Å². The predicted octanol–water partition coefficient (Wildman–Crippen LogP) is 2.78. The number of aliphatic hydroxyl groups is 1. The average Bonchev–Trinajstić information content (AvgIpc) is 2.55. The normalized spacial score (nSPS) is 54.6. The minimum absolute atomic E-state index is 0.00871. The van der Waals surface area contributed by atoms with E-state index in [2.05, 4.69) is 0 Å². The number of Topliss-reactive ketones (excluding diaryl/α,β-unsaturated/α-hetero) is 1. The highest BCUT2D eigenvalue weighted by Crippen LogP contribution is 2.59. The summed E-state index contributed by atoms with van der Waals surface area (Å²) in [6.07, 6.45) is 10.0. The molecule has 8 rings (SSSR count). The van der Waals surface area contributed by atoms with E-state index >= 15 is 0 Å². The fourth-order valence-electron chi connectivity index (χ4n) is 8.58. The van der Waals surface area contributed by atoms with Crippen LogP contribution in [0.4, 0.5) is 0 Å². The van der Waals surface area contributed by atoms with Gasteiger partial charge >= 0.3 is 5.97 Å². The summed E-state index contributed by atoms with van der Waals surface area (Å²) in [6, 6.07) is 0. The van der Waals surface area contributed by atoms with Crippen molar-refractivity contribution in [3.05, 3.63) is 0 Å². The Morgan fingerprint density at radius 1 is 0.889 bits per heavy atom. The van der Waals surface area contributed by atoms with Crippen molar-refractivity contribution < 1.29 is 24.2 Å². The Morgan fingerprint density at radius 3 is 2.15 bits per heavy atom. The van der Waals surface area contributed by atoms with E-state index in [4.69, 9.17) is 9.47 Å². The van der Waals surface area contributed by atoms with Gasteiger partial charge in [-0.25, -0.2) is 4.79 Å². The highest BCUT2D eigenvalue weighted by atomic mass is 16.6. The first-order chi connectivity index (χ1) is 12.8. The van der Waals surface area contributed by atoms with Crippen LogP contribution in [0.15, 0.2) is 0 Å². The fourth-order valence-corrected chi connectivity index (χ4v) is 8.58. The van der Waals surface area contributed by atoms with Crippen LogP contribution in [0.2, 0.25) is 0 Å². The van der Waals surface area contributed by atoms with Crippen molar-refractivity contribution in [2.75, 3.05) is 6.61 Å². The molecule has 5 nitrogen and oxygen atoms in total. The third-order valence-electron chi connectivity index (χ3n) is 8.74. The monoisotopic (exact) mass is 374 g/mol. The highest BCUT2D eigenvalue weighted by molar-refractivity contribution is 5.86. The van der Waals surface area contributed by atoms with E-state index in [-0.39, 0.29) is 30.0 Å². The SMILES string of the molecule is O=C(COC12CC3CC(CC(O)(C3)C1)C2)OC12CC3CC(C1)C(=O)C(C3)C2. The molecule has 0 aromatic carbocycles. The molecule has 1 N–H and O–H groups in total. The van der Waals surface area contributed by atoms with E-state index in [0.717, 1.165) is 57.8 Å². The van der Waals surface area contributed by atoms with Crippen LogP contribution in [0.1, 0.15) is 70.6 Å². The Kier molecular flexibility index (Phi) is 3.36. The third kappa shape index (κ3) is 2.64. The summed E-state index contributed by atoms with van der Waals surface area (Å²) in [5.74, 6) is 2.00. The van der Waals surface area contributed by atoms with Crippen LogP contribution >= 0.6 is 0 Å². The third-order valence-corrected chi connectivity index (χ3v) is 8.74. The van der Waals surface area contributed by atoms with Gasteiger partial charge in [0.15, 0.2) is 0 Å². The summed E-state index contributed by atoms with van der Waals surface area (Å²) >= 11 is 0. The first-order valence-corrected chi connectivity index (χ1v) is 11.0. The molecule has 8 aliphatic carbocycles. The maximum absolute atomic E-state index is 12.7. The molecule has 4 atom stereocenters. The molecule has 0 heterocycles. The Labute approximate surface area is 160 Å². The van der Waals surface area contributed by atoms with Crippen molar-refractivity contribution in [1.82, 2.24) is 0 Å². The Hall–Kier alpha value is -0.940. The lowest BCUT2D eigenvalue weighted by molar-refractivity contribution is -0.229. The van der Waals surface area contributed by atoms with E-state index in [9.17, 15) is 14.7 Å². The number of carbonyl (C=O) groups excluding carboxylic acids is 2. The van der Waals surface area contributed by atoms with Gasteiger partial charge in [-0.3, -0.25) is 4.79 Å². The van der Waals surface area contributed by atoms with E-state index in [1.165, 1.54) is 6.42 Å². The van der Waals surface area contributed by atoms with E-state index in [1.807, 2.05) is 0 Å². The molecular formula is C22H30O5. The first kappa shape index (κ1) is 17.0. The topological polar surface area (TPSA) is 72.8 Å².